The molecule has 2 aromatic carbocycles. The SMILES string of the molecule is C=C(CO)c1cc(N)ccc1Nc1ccc(C(F)(F)F)cc1. The van der Waals surface area contributed by atoms with Gasteiger partial charge in [-0.05, 0) is 48.0 Å². The number of aliphatic hydroxyl groups excluding tert-OH is 1. The lowest BCUT2D eigenvalue weighted by atomic mass is 10.0. The number of benzene rings is 2. The third-order valence-corrected chi connectivity index (χ3v) is 3.11. The van der Waals surface area contributed by atoms with Crippen molar-refractivity contribution in [3.05, 3.63) is 60.2 Å². The highest BCUT2D eigenvalue weighted by atomic mass is 19.4. The fourth-order valence-electron chi connectivity index (χ4n) is 1.95. The van der Waals surface area contributed by atoms with Gasteiger partial charge in [-0.3, -0.25) is 0 Å². The summed E-state index contributed by atoms with van der Waals surface area (Å²) in [7, 11) is 0. The molecule has 0 spiro atoms. The minimum absolute atomic E-state index is 0.245. The molecule has 0 unspecified atom stereocenters. The minimum atomic E-state index is -4.37. The third-order valence-electron chi connectivity index (χ3n) is 3.11. The van der Waals surface area contributed by atoms with E-state index in [1.807, 2.05) is 0 Å². The molecule has 0 atom stereocenters. The smallest absolute Gasteiger partial charge is 0.399 e. The van der Waals surface area contributed by atoms with E-state index in [1.165, 1.54) is 12.1 Å². The molecule has 0 amide bonds. The van der Waals surface area contributed by atoms with Gasteiger partial charge in [-0.15, -0.1) is 0 Å². The Balaban J connectivity index is 2.29. The topological polar surface area (TPSA) is 58.3 Å². The average molecular weight is 308 g/mol. The van der Waals surface area contributed by atoms with E-state index < -0.39 is 11.7 Å². The highest BCUT2D eigenvalue weighted by molar-refractivity contribution is 5.80. The molecule has 0 saturated carbocycles. The molecule has 0 aliphatic rings. The normalized spacial score (nSPS) is 11.3. The van der Waals surface area contributed by atoms with Crippen LogP contribution in [0.1, 0.15) is 11.1 Å². The molecule has 6 heteroatoms. The van der Waals surface area contributed by atoms with Crippen LogP contribution in [0.25, 0.3) is 5.57 Å². The van der Waals surface area contributed by atoms with Gasteiger partial charge in [0.1, 0.15) is 0 Å². The van der Waals surface area contributed by atoms with Crippen LogP contribution in [0.3, 0.4) is 0 Å². The summed E-state index contributed by atoms with van der Waals surface area (Å²) in [5.41, 5.74) is 7.66. The number of anilines is 3. The molecule has 22 heavy (non-hydrogen) atoms. The molecule has 0 bridgehead atoms. The zero-order valence-corrected chi connectivity index (χ0v) is 11.6. The second-order valence-electron chi connectivity index (χ2n) is 4.77. The lowest BCUT2D eigenvalue weighted by Crippen LogP contribution is -2.04. The van der Waals surface area contributed by atoms with Crippen molar-refractivity contribution in [2.75, 3.05) is 17.7 Å². The summed E-state index contributed by atoms with van der Waals surface area (Å²) in [6.07, 6.45) is -4.37. The lowest BCUT2D eigenvalue weighted by Gasteiger charge is -2.14. The zero-order chi connectivity index (χ0) is 16.3. The molecule has 116 valence electrons. The van der Waals surface area contributed by atoms with E-state index in [0.717, 1.165) is 12.1 Å². The van der Waals surface area contributed by atoms with Crippen molar-refractivity contribution in [1.29, 1.82) is 0 Å². The van der Waals surface area contributed by atoms with Gasteiger partial charge in [-0.1, -0.05) is 6.58 Å². The first kappa shape index (κ1) is 15.9. The molecule has 0 aliphatic carbocycles. The van der Waals surface area contributed by atoms with Crippen molar-refractivity contribution in [2.45, 2.75) is 6.18 Å². The van der Waals surface area contributed by atoms with E-state index >= 15 is 0 Å². The van der Waals surface area contributed by atoms with Crippen LogP contribution in [0, 0.1) is 0 Å². The Labute approximate surface area is 125 Å². The Morgan fingerprint density at radius 1 is 1.14 bits per heavy atom. The predicted molar refractivity (Wildman–Crippen MR) is 81.7 cm³/mol. The first-order chi connectivity index (χ1) is 10.3. The standard InChI is InChI=1S/C16H15F3N2O/c1-10(9-22)14-8-12(20)4-7-15(14)21-13-5-2-11(3-6-13)16(17,18)19/h2-8,21-22H,1,9,20H2. The Morgan fingerprint density at radius 2 is 1.77 bits per heavy atom. The molecular weight excluding hydrogens is 293 g/mol. The van der Waals surface area contributed by atoms with Gasteiger partial charge in [0, 0.05) is 22.6 Å². The van der Waals surface area contributed by atoms with Crippen LogP contribution in [0.4, 0.5) is 30.2 Å². The van der Waals surface area contributed by atoms with Gasteiger partial charge in [0.2, 0.25) is 0 Å². The minimum Gasteiger partial charge on any atom is -0.399 e. The summed E-state index contributed by atoms with van der Waals surface area (Å²) in [5.74, 6) is 0. The molecular formula is C16H15F3N2O. The number of nitrogen functional groups attached to an aromatic ring is 1. The van der Waals surface area contributed by atoms with Crippen molar-refractivity contribution >= 4 is 22.6 Å². The first-order valence-electron chi connectivity index (χ1n) is 6.44. The number of alkyl halides is 3. The highest BCUT2D eigenvalue weighted by Crippen LogP contribution is 2.32. The van der Waals surface area contributed by atoms with Crippen LogP contribution in [0.15, 0.2) is 49.0 Å². The number of halogens is 3. The number of hydrogen-bond acceptors (Lipinski definition) is 3. The average Bonchev–Trinajstić information content (AvgIpc) is 2.48. The number of nitrogens with one attached hydrogen (secondary N) is 1. The van der Waals surface area contributed by atoms with Crippen molar-refractivity contribution in [2.24, 2.45) is 0 Å². The van der Waals surface area contributed by atoms with Crippen LogP contribution < -0.4 is 11.1 Å². The molecule has 4 N–H and O–H groups in total. The van der Waals surface area contributed by atoms with Gasteiger partial charge in [0.25, 0.3) is 0 Å². The molecule has 0 radical (unpaired) electrons. The van der Waals surface area contributed by atoms with E-state index in [4.69, 9.17) is 5.73 Å². The molecule has 0 heterocycles. The van der Waals surface area contributed by atoms with E-state index in [-0.39, 0.29) is 6.61 Å². The fraction of sp³-hybridized carbons (Fsp3) is 0.125. The quantitative estimate of drug-likeness (QED) is 0.747. The zero-order valence-electron chi connectivity index (χ0n) is 11.6. The number of aliphatic hydroxyl groups is 1. The van der Waals surface area contributed by atoms with Gasteiger partial charge in [-0.25, -0.2) is 0 Å². The highest BCUT2D eigenvalue weighted by Gasteiger charge is 2.29. The van der Waals surface area contributed by atoms with Crippen LogP contribution >= 0.6 is 0 Å². The Kier molecular flexibility index (Phi) is 4.42. The predicted octanol–water partition coefficient (Wildman–Crippen LogP) is 4.04. The van der Waals surface area contributed by atoms with Crippen LogP contribution in [-0.2, 0) is 6.18 Å². The summed E-state index contributed by atoms with van der Waals surface area (Å²) >= 11 is 0. The maximum Gasteiger partial charge on any atom is 0.416 e. The Bertz CT molecular complexity index is 679. The van der Waals surface area contributed by atoms with E-state index in [1.54, 1.807) is 18.2 Å². The molecule has 3 nitrogen and oxygen atoms in total. The maximum atomic E-state index is 12.5. The lowest BCUT2D eigenvalue weighted by molar-refractivity contribution is -0.137. The number of nitrogens with two attached hydrogens (primary N) is 1. The molecule has 2 rings (SSSR count). The van der Waals surface area contributed by atoms with E-state index in [2.05, 4.69) is 11.9 Å². The van der Waals surface area contributed by atoms with Crippen LogP contribution in [-0.4, -0.2) is 11.7 Å². The van der Waals surface area contributed by atoms with Crippen LogP contribution in [0.2, 0.25) is 0 Å². The van der Waals surface area contributed by atoms with E-state index in [9.17, 15) is 18.3 Å². The van der Waals surface area contributed by atoms with Crippen molar-refractivity contribution < 1.29 is 18.3 Å². The monoisotopic (exact) mass is 308 g/mol. The van der Waals surface area contributed by atoms with Gasteiger partial charge in [0.15, 0.2) is 0 Å². The number of hydrogen-bond donors (Lipinski definition) is 3. The van der Waals surface area contributed by atoms with Gasteiger partial charge in [-0.2, -0.15) is 13.2 Å². The third kappa shape index (κ3) is 3.59. The molecule has 0 aromatic heterocycles. The van der Waals surface area contributed by atoms with Gasteiger partial charge in [0.05, 0.1) is 12.2 Å². The Morgan fingerprint density at radius 3 is 2.32 bits per heavy atom. The largest absolute Gasteiger partial charge is 0.416 e. The molecule has 0 saturated heterocycles. The van der Waals surface area contributed by atoms with Crippen molar-refractivity contribution in [1.82, 2.24) is 0 Å². The maximum absolute atomic E-state index is 12.5. The first-order valence-corrected chi connectivity index (χ1v) is 6.44. The summed E-state index contributed by atoms with van der Waals surface area (Å²) in [6, 6.07) is 9.66. The molecule has 0 fully saturated rings. The Hall–Kier alpha value is -2.47. The van der Waals surface area contributed by atoms with Gasteiger partial charge < -0.3 is 16.2 Å². The number of rotatable bonds is 4. The second-order valence-corrected chi connectivity index (χ2v) is 4.77. The van der Waals surface area contributed by atoms with Crippen molar-refractivity contribution in [3.8, 4) is 0 Å². The summed E-state index contributed by atoms with van der Waals surface area (Å²) in [4.78, 5) is 0. The summed E-state index contributed by atoms with van der Waals surface area (Å²) in [5, 5.41) is 12.2. The van der Waals surface area contributed by atoms with E-state index in [0.29, 0.717) is 28.2 Å². The molecule has 0 aliphatic heterocycles. The van der Waals surface area contributed by atoms with Gasteiger partial charge >= 0.3 is 6.18 Å². The van der Waals surface area contributed by atoms with Crippen LogP contribution in [0.5, 0.6) is 0 Å². The second kappa shape index (κ2) is 6.11. The van der Waals surface area contributed by atoms with Crippen molar-refractivity contribution in [3.63, 3.8) is 0 Å². The summed E-state index contributed by atoms with van der Waals surface area (Å²) < 4.78 is 37.6. The molecule has 2 aromatic rings. The fourth-order valence-corrected chi connectivity index (χ4v) is 1.95. The summed E-state index contributed by atoms with van der Waals surface area (Å²) in [6.45, 7) is 3.49.